The van der Waals surface area contributed by atoms with Crippen LogP contribution in [0, 0.1) is 18.3 Å². The van der Waals surface area contributed by atoms with Gasteiger partial charge in [0.1, 0.15) is 22.7 Å². The lowest BCUT2D eigenvalue weighted by atomic mass is 10.1. The van der Waals surface area contributed by atoms with Crippen LogP contribution in [0.1, 0.15) is 11.1 Å². The molecular weight excluding hydrogens is 276 g/mol. The summed E-state index contributed by atoms with van der Waals surface area (Å²) in [5, 5.41) is 9.53. The maximum atomic E-state index is 9.53. The number of nitrogens with one attached hydrogen (secondary N) is 1. The van der Waals surface area contributed by atoms with Gasteiger partial charge in [-0.15, -0.1) is 0 Å². The van der Waals surface area contributed by atoms with Crippen LogP contribution in [-0.2, 0) is 4.74 Å². The fourth-order valence-corrected chi connectivity index (χ4v) is 3.17. The molecule has 110 valence electrons. The number of hydrogen-bond acceptors (Lipinski definition) is 3. The van der Waals surface area contributed by atoms with Crippen molar-refractivity contribution in [2.24, 2.45) is 0 Å². The first-order chi connectivity index (χ1) is 10.8. The molecule has 3 aromatic rings. The third kappa shape index (κ3) is 1.85. The lowest BCUT2D eigenvalue weighted by Crippen LogP contribution is -2.42. The normalized spacial score (nSPS) is 15.4. The Morgan fingerprint density at radius 3 is 2.82 bits per heavy atom. The van der Waals surface area contributed by atoms with Gasteiger partial charge in [-0.3, -0.25) is 9.88 Å². The number of imidazole rings is 1. The Bertz CT molecular complexity index is 900. The summed E-state index contributed by atoms with van der Waals surface area (Å²) in [6.07, 6.45) is 0. The molecule has 4 rings (SSSR count). The van der Waals surface area contributed by atoms with Gasteiger partial charge in [0.2, 0.25) is 11.5 Å². The second-order valence-electron chi connectivity index (χ2n) is 5.60. The van der Waals surface area contributed by atoms with Gasteiger partial charge in [-0.2, -0.15) is 9.66 Å². The maximum absolute atomic E-state index is 9.53. The van der Waals surface area contributed by atoms with E-state index in [0.29, 0.717) is 5.56 Å². The molecule has 1 aliphatic heterocycles. The van der Waals surface area contributed by atoms with Crippen LogP contribution < -0.4 is 9.30 Å². The van der Waals surface area contributed by atoms with Crippen molar-refractivity contribution >= 4 is 22.5 Å². The van der Waals surface area contributed by atoms with Crippen LogP contribution in [0.25, 0.3) is 16.7 Å². The predicted molar refractivity (Wildman–Crippen MR) is 83.9 cm³/mol. The van der Waals surface area contributed by atoms with Gasteiger partial charge in [0, 0.05) is 6.07 Å². The molecule has 0 bridgehead atoms. The van der Waals surface area contributed by atoms with Gasteiger partial charge in [-0.05, 0) is 24.6 Å². The molecule has 0 saturated carbocycles. The minimum absolute atomic E-state index is 0.702. The zero-order valence-electron chi connectivity index (χ0n) is 12.5. The number of H-pyrrole nitrogens is 1. The zero-order chi connectivity index (χ0) is 15.1. The molecule has 1 N–H and O–H groups in total. The predicted octanol–water partition coefficient (Wildman–Crippen LogP) is 1.92. The fraction of sp³-hybridized carbons (Fsp3) is 0.294. The molecule has 0 aliphatic carbocycles. The molecular formula is C17H17N4O+. The number of pyridine rings is 1. The van der Waals surface area contributed by atoms with Crippen LogP contribution in [0.5, 0.6) is 0 Å². The number of anilines is 1. The smallest absolute Gasteiger partial charge is 0.250 e. The number of para-hydroxylation sites is 2. The van der Waals surface area contributed by atoms with Crippen LogP contribution in [-0.4, -0.2) is 31.3 Å². The third-order valence-corrected chi connectivity index (χ3v) is 4.27. The first-order valence-electron chi connectivity index (χ1n) is 7.48. The van der Waals surface area contributed by atoms with Gasteiger partial charge in [0.25, 0.3) is 0 Å². The van der Waals surface area contributed by atoms with E-state index in [2.05, 4.69) is 32.5 Å². The number of nitrogens with zero attached hydrogens (tertiary/aromatic N) is 3. The highest BCUT2D eigenvalue weighted by molar-refractivity contribution is 5.77. The standard InChI is InChI=1S/C17H16N4O/c1-12-10-16(20-6-8-22-9-7-20)21-15-5-3-2-4-14(15)19-17(21)13(12)11-18/h2-5,10H,6-9H2,1H3/p+1. The third-order valence-electron chi connectivity index (χ3n) is 4.27. The molecule has 1 aromatic carbocycles. The molecule has 0 atom stereocenters. The Morgan fingerprint density at radius 1 is 1.27 bits per heavy atom. The van der Waals surface area contributed by atoms with E-state index < -0.39 is 0 Å². The van der Waals surface area contributed by atoms with Gasteiger partial charge >= 0.3 is 0 Å². The topological polar surface area (TPSA) is 56.1 Å². The highest BCUT2D eigenvalue weighted by Gasteiger charge is 2.25. The van der Waals surface area contributed by atoms with Gasteiger partial charge in [0.15, 0.2) is 0 Å². The SMILES string of the molecule is Cc1cc(N2CCOCC2)[n+]2c([nH]c3ccccc32)c1C#N. The van der Waals surface area contributed by atoms with E-state index in [-0.39, 0.29) is 0 Å². The van der Waals surface area contributed by atoms with Crippen LogP contribution in [0.4, 0.5) is 5.82 Å². The van der Waals surface area contributed by atoms with Crippen molar-refractivity contribution in [1.29, 1.82) is 5.26 Å². The highest BCUT2D eigenvalue weighted by atomic mass is 16.5. The number of nitriles is 1. The van der Waals surface area contributed by atoms with E-state index >= 15 is 0 Å². The molecule has 0 spiro atoms. The van der Waals surface area contributed by atoms with E-state index in [0.717, 1.165) is 54.4 Å². The van der Waals surface area contributed by atoms with Crippen molar-refractivity contribution in [3.8, 4) is 6.07 Å². The summed E-state index contributed by atoms with van der Waals surface area (Å²) < 4.78 is 7.63. The first kappa shape index (κ1) is 13.1. The number of aromatic amines is 1. The summed E-state index contributed by atoms with van der Waals surface area (Å²) in [5.41, 5.74) is 4.70. The average Bonchev–Trinajstić information content (AvgIpc) is 2.94. The quantitative estimate of drug-likeness (QED) is 0.697. The van der Waals surface area contributed by atoms with Crippen LogP contribution in [0.15, 0.2) is 30.3 Å². The molecule has 5 heteroatoms. The van der Waals surface area contributed by atoms with E-state index in [9.17, 15) is 5.26 Å². The number of ether oxygens (including phenoxy) is 1. The summed E-state index contributed by atoms with van der Waals surface area (Å²) >= 11 is 0. The monoisotopic (exact) mass is 293 g/mol. The second kappa shape index (κ2) is 5.00. The molecule has 5 nitrogen and oxygen atoms in total. The van der Waals surface area contributed by atoms with Crippen molar-refractivity contribution < 1.29 is 9.14 Å². The summed E-state index contributed by atoms with van der Waals surface area (Å²) in [5.74, 6) is 1.12. The van der Waals surface area contributed by atoms with Crippen molar-refractivity contribution in [2.75, 3.05) is 31.2 Å². The fourth-order valence-electron chi connectivity index (χ4n) is 3.17. The lowest BCUT2D eigenvalue weighted by Gasteiger charge is -2.24. The first-order valence-corrected chi connectivity index (χ1v) is 7.48. The highest BCUT2D eigenvalue weighted by Crippen LogP contribution is 2.22. The Hall–Kier alpha value is -2.58. The van der Waals surface area contributed by atoms with Gasteiger partial charge < -0.3 is 4.74 Å². The second-order valence-corrected chi connectivity index (χ2v) is 5.60. The van der Waals surface area contributed by atoms with E-state index in [1.54, 1.807) is 0 Å². The largest absolute Gasteiger partial charge is 0.375 e. The Kier molecular flexibility index (Phi) is 2.98. The molecule has 0 amide bonds. The molecule has 3 heterocycles. The molecule has 0 unspecified atom stereocenters. The van der Waals surface area contributed by atoms with Crippen molar-refractivity contribution in [1.82, 2.24) is 4.98 Å². The van der Waals surface area contributed by atoms with Crippen molar-refractivity contribution in [2.45, 2.75) is 6.92 Å². The minimum Gasteiger partial charge on any atom is -0.375 e. The van der Waals surface area contributed by atoms with E-state index in [1.165, 1.54) is 0 Å². The number of fused-ring (bicyclic) bond motifs is 3. The van der Waals surface area contributed by atoms with Crippen LogP contribution in [0.2, 0.25) is 0 Å². The number of aromatic nitrogens is 2. The number of rotatable bonds is 1. The number of aryl methyl sites for hydroxylation is 1. The Balaban J connectivity index is 2.09. The minimum atomic E-state index is 0.702. The molecule has 22 heavy (non-hydrogen) atoms. The van der Waals surface area contributed by atoms with Gasteiger partial charge in [-0.1, -0.05) is 12.1 Å². The number of benzene rings is 1. The average molecular weight is 293 g/mol. The van der Waals surface area contributed by atoms with Crippen molar-refractivity contribution in [3.63, 3.8) is 0 Å². The van der Waals surface area contributed by atoms with Crippen LogP contribution in [0.3, 0.4) is 0 Å². The molecule has 1 saturated heterocycles. The Morgan fingerprint density at radius 2 is 2.05 bits per heavy atom. The Labute approximate surface area is 128 Å². The summed E-state index contributed by atoms with van der Waals surface area (Å²) in [6.45, 7) is 5.21. The zero-order valence-corrected chi connectivity index (χ0v) is 12.5. The maximum Gasteiger partial charge on any atom is 0.250 e. The summed E-state index contributed by atoms with van der Waals surface area (Å²) in [7, 11) is 0. The molecule has 1 aliphatic rings. The van der Waals surface area contributed by atoms with E-state index in [1.807, 2.05) is 25.1 Å². The van der Waals surface area contributed by atoms with E-state index in [4.69, 9.17) is 4.74 Å². The summed E-state index contributed by atoms with van der Waals surface area (Å²) in [4.78, 5) is 5.72. The lowest BCUT2D eigenvalue weighted by molar-refractivity contribution is -0.467. The van der Waals surface area contributed by atoms with Crippen molar-refractivity contribution in [3.05, 3.63) is 41.5 Å². The van der Waals surface area contributed by atoms with Gasteiger partial charge in [0.05, 0.1) is 26.3 Å². The number of hydrogen-bond donors (Lipinski definition) is 1. The number of morpholine rings is 1. The van der Waals surface area contributed by atoms with Crippen LogP contribution >= 0.6 is 0 Å². The summed E-state index contributed by atoms with van der Waals surface area (Å²) in [6, 6.07) is 12.6. The molecule has 1 fully saturated rings. The molecule has 2 aromatic heterocycles. The van der Waals surface area contributed by atoms with Gasteiger partial charge in [-0.25, -0.2) is 0 Å². The molecule has 0 radical (unpaired) electrons.